The van der Waals surface area contributed by atoms with Crippen LogP contribution in [0.1, 0.15) is 70.4 Å². The normalized spacial score (nSPS) is 23.3. The topological polar surface area (TPSA) is 71.7 Å². The van der Waals surface area contributed by atoms with Crippen LogP contribution in [0.15, 0.2) is 9.52 Å². The molecule has 7 heteroatoms. The third kappa shape index (κ3) is 4.44. The number of hydrogen-bond acceptors (Lipinski definition) is 4. The number of nitrogens with zero attached hydrogens (tertiary/aromatic N) is 2. The number of aryl methyl sites for hydroxylation is 2. The quantitative estimate of drug-likeness (QED) is 0.330. The molecule has 0 radical (unpaired) electrons. The molecule has 2 aliphatic carbocycles. The van der Waals surface area contributed by atoms with Crippen molar-refractivity contribution >= 4 is 29.9 Å². The van der Waals surface area contributed by atoms with E-state index in [4.69, 9.17) is 14.3 Å². The molecule has 2 atom stereocenters. The maximum Gasteiger partial charge on any atom is 0.191 e. The lowest BCUT2D eigenvalue weighted by atomic mass is 9.51. The van der Waals surface area contributed by atoms with Crippen LogP contribution in [-0.2, 0) is 24.1 Å². The van der Waals surface area contributed by atoms with Gasteiger partial charge in [0.15, 0.2) is 5.96 Å². The molecule has 2 aliphatic rings. The molecule has 3 rings (SSSR count). The lowest BCUT2D eigenvalue weighted by molar-refractivity contribution is -0.168. The molecule has 6 nitrogen and oxygen atoms in total. The van der Waals surface area contributed by atoms with Crippen molar-refractivity contribution in [2.24, 2.45) is 10.4 Å². The molecule has 1 heterocycles. The molecule has 2 saturated carbocycles. The summed E-state index contributed by atoms with van der Waals surface area (Å²) < 4.78 is 11.4. The molecular formula is C20H35IN4O2. The molecule has 154 valence electrons. The number of rotatable bonds is 8. The zero-order valence-corrected chi connectivity index (χ0v) is 19.5. The maximum absolute atomic E-state index is 5.97. The lowest BCUT2D eigenvalue weighted by Gasteiger charge is -2.61. The summed E-state index contributed by atoms with van der Waals surface area (Å²) in [6, 6.07) is 0.462. The van der Waals surface area contributed by atoms with Gasteiger partial charge < -0.3 is 19.9 Å². The second-order valence-electron chi connectivity index (χ2n) is 7.40. The molecule has 1 aromatic rings. The van der Waals surface area contributed by atoms with E-state index in [1.165, 1.54) is 19.3 Å². The Morgan fingerprint density at radius 2 is 2.04 bits per heavy atom. The fourth-order valence-corrected chi connectivity index (χ4v) is 4.40. The fourth-order valence-electron chi connectivity index (χ4n) is 4.40. The van der Waals surface area contributed by atoms with Gasteiger partial charge in [-0.3, -0.25) is 0 Å². The van der Waals surface area contributed by atoms with Gasteiger partial charge in [-0.05, 0) is 39.5 Å². The highest BCUT2D eigenvalue weighted by Crippen LogP contribution is 2.57. The number of ether oxygens (including phenoxy) is 1. The molecule has 0 aliphatic heterocycles. The van der Waals surface area contributed by atoms with Gasteiger partial charge in [-0.2, -0.15) is 0 Å². The number of nitrogens with one attached hydrogen (secondary N) is 2. The molecule has 2 unspecified atom stereocenters. The van der Waals surface area contributed by atoms with Crippen molar-refractivity contribution in [3.05, 3.63) is 17.0 Å². The molecule has 1 spiro atoms. The minimum absolute atomic E-state index is 0. The molecule has 2 N–H and O–H groups in total. The summed E-state index contributed by atoms with van der Waals surface area (Å²) in [4.78, 5) is 4.84. The predicted octanol–water partition coefficient (Wildman–Crippen LogP) is 3.82. The van der Waals surface area contributed by atoms with E-state index >= 15 is 0 Å². The first kappa shape index (κ1) is 22.5. The predicted molar refractivity (Wildman–Crippen MR) is 119 cm³/mol. The van der Waals surface area contributed by atoms with Crippen LogP contribution in [0.25, 0.3) is 0 Å². The van der Waals surface area contributed by atoms with Crippen LogP contribution in [0, 0.1) is 5.41 Å². The molecular weight excluding hydrogens is 455 g/mol. The Kier molecular flexibility index (Phi) is 8.39. The summed E-state index contributed by atoms with van der Waals surface area (Å²) in [7, 11) is 0. The standard InChI is InChI=1S/C20H34N4O2.HI/c1-5-15-14(16(6-2)26-24-15)13-22-19(21-7-3)23-17-12-18(25-8-4)20(17)10-9-11-20;/h17-18H,5-13H2,1-4H3,(H2,21,22,23);1H. The molecule has 1 aromatic heterocycles. The van der Waals surface area contributed by atoms with E-state index in [2.05, 4.69) is 43.5 Å². The van der Waals surface area contributed by atoms with Gasteiger partial charge in [-0.15, -0.1) is 24.0 Å². The van der Waals surface area contributed by atoms with Crippen LogP contribution < -0.4 is 10.6 Å². The van der Waals surface area contributed by atoms with Gasteiger partial charge in [0.05, 0.1) is 18.3 Å². The van der Waals surface area contributed by atoms with E-state index in [0.717, 1.165) is 55.4 Å². The summed E-state index contributed by atoms with van der Waals surface area (Å²) in [6.45, 7) is 10.7. The number of halogens is 1. The highest BCUT2D eigenvalue weighted by Gasteiger charge is 2.59. The maximum atomic E-state index is 5.97. The second-order valence-corrected chi connectivity index (χ2v) is 7.40. The Hall–Kier alpha value is -0.830. The van der Waals surface area contributed by atoms with Crippen molar-refractivity contribution in [3.63, 3.8) is 0 Å². The molecule has 0 saturated heterocycles. The molecule has 0 bridgehead atoms. The van der Waals surface area contributed by atoms with E-state index in [1.54, 1.807) is 0 Å². The molecule has 0 aromatic carbocycles. The van der Waals surface area contributed by atoms with Crippen molar-refractivity contribution in [2.75, 3.05) is 13.2 Å². The lowest BCUT2D eigenvalue weighted by Crippen LogP contribution is -2.68. The fraction of sp³-hybridized carbons (Fsp3) is 0.800. The third-order valence-corrected chi connectivity index (χ3v) is 6.09. The number of aliphatic imine (C=N–C) groups is 1. The SMILES string of the molecule is CCNC(=NCc1c(CC)noc1CC)NC1CC(OCC)C12CCC2.I. The first-order valence-corrected chi connectivity index (χ1v) is 10.3. The Morgan fingerprint density at radius 1 is 1.26 bits per heavy atom. The van der Waals surface area contributed by atoms with Crippen molar-refractivity contribution in [1.29, 1.82) is 0 Å². The summed E-state index contributed by atoms with van der Waals surface area (Å²) in [6.07, 6.45) is 7.06. The second kappa shape index (κ2) is 10.1. The monoisotopic (exact) mass is 490 g/mol. The van der Waals surface area contributed by atoms with Gasteiger partial charge in [0.25, 0.3) is 0 Å². The van der Waals surface area contributed by atoms with Crippen molar-refractivity contribution in [1.82, 2.24) is 15.8 Å². The van der Waals surface area contributed by atoms with Crippen LogP contribution in [0.3, 0.4) is 0 Å². The van der Waals surface area contributed by atoms with E-state index < -0.39 is 0 Å². The van der Waals surface area contributed by atoms with E-state index in [1.807, 2.05) is 0 Å². The summed E-state index contributed by atoms with van der Waals surface area (Å²) in [5.41, 5.74) is 2.50. The zero-order valence-electron chi connectivity index (χ0n) is 17.1. The van der Waals surface area contributed by atoms with Crippen LogP contribution in [0.5, 0.6) is 0 Å². The van der Waals surface area contributed by atoms with Gasteiger partial charge in [0.2, 0.25) is 0 Å². The number of aromatic nitrogens is 1. The highest BCUT2D eigenvalue weighted by molar-refractivity contribution is 14.0. The van der Waals surface area contributed by atoms with Gasteiger partial charge in [-0.1, -0.05) is 25.4 Å². The first-order chi connectivity index (χ1) is 12.7. The minimum atomic E-state index is 0. The Morgan fingerprint density at radius 3 is 2.59 bits per heavy atom. The van der Waals surface area contributed by atoms with Crippen molar-refractivity contribution in [2.45, 2.75) is 84.9 Å². The zero-order chi connectivity index (χ0) is 18.6. The average Bonchev–Trinajstić information content (AvgIpc) is 2.99. The Balaban J connectivity index is 0.00000261. The van der Waals surface area contributed by atoms with E-state index in [-0.39, 0.29) is 24.0 Å². The Labute approximate surface area is 180 Å². The van der Waals surface area contributed by atoms with Gasteiger partial charge >= 0.3 is 0 Å². The summed E-state index contributed by atoms with van der Waals surface area (Å²) in [5.74, 6) is 1.85. The van der Waals surface area contributed by atoms with Gasteiger partial charge in [0.1, 0.15) is 5.76 Å². The van der Waals surface area contributed by atoms with E-state index in [0.29, 0.717) is 24.1 Å². The Bertz CT molecular complexity index is 606. The van der Waals surface area contributed by atoms with Crippen LogP contribution in [0.2, 0.25) is 0 Å². The van der Waals surface area contributed by atoms with Crippen molar-refractivity contribution in [3.8, 4) is 0 Å². The number of hydrogen-bond donors (Lipinski definition) is 2. The summed E-state index contributed by atoms with van der Waals surface area (Å²) >= 11 is 0. The molecule has 0 amide bonds. The van der Waals surface area contributed by atoms with E-state index in [9.17, 15) is 0 Å². The highest BCUT2D eigenvalue weighted by atomic mass is 127. The minimum Gasteiger partial charge on any atom is -0.378 e. The van der Waals surface area contributed by atoms with Crippen LogP contribution in [0.4, 0.5) is 0 Å². The van der Waals surface area contributed by atoms with Crippen molar-refractivity contribution < 1.29 is 9.26 Å². The van der Waals surface area contributed by atoms with Gasteiger partial charge in [0, 0.05) is 36.6 Å². The van der Waals surface area contributed by atoms with Crippen LogP contribution >= 0.6 is 24.0 Å². The molecule has 27 heavy (non-hydrogen) atoms. The first-order valence-electron chi connectivity index (χ1n) is 10.3. The number of guanidine groups is 1. The van der Waals surface area contributed by atoms with Gasteiger partial charge in [-0.25, -0.2) is 4.99 Å². The van der Waals surface area contributed by atoms with Crippen LogP contribution in [-0.4, -0.2) is 36.4 Å². The largest absolute Gasteiger partial charge is 0.378 e. The smallest absolute Gasteiger partial charge is 0.191 e. The third-order valence-electron chi connectivity index (χ3n) is 6.09. The summed E-state index contributed by atoms with van der Waals surface area (Å²) in [5, 5.41) is 11.3. The molecule has 2 fully saturated rings. The average molecular weight is 490 g/mol.